The van der Waals surface area contributed by atoms with E-state index in [2.05, 4.69) is 15.4 Å². The number of pyridine rings is 2. The van der Waals surface area contributed by atoms with Crippen molar-refractivity contribution >= 4 is 23.2 Å². The molecule has 3 aromatic heterocycles. The molecule has 9 heteroatoms. The molecule has 0 aliphatic heterocycles. The number of amides is 1. The van der Waals surface area contributed by atoms with Gasteiger partial charge in [-0.2, -0.15) is 5.10 Å². The van der Waals surface area contributed by atoms with Gasteiger partial charge in [0, 0.05) is 11.8 Å². The molecule has 1 N–H and O–H groups in total. The summed E-state index contributed by atoms with van der Waals surface area (Å²) in [6, 6.07) is 25.4. The Bertz CT molecular complexity index is 1600. The summed E-state index contributed by atoms with van der Waals surface area (Å²) in [6.07, 6.45) is 1.36. The summed E-state index contributed by atoms with van der Waals surface area (Å²) in [5.74, 6) is 0.561. The average Bonchev–Trinajstić information content (AvgIpc) is 3.41. The van der Waals surface area contributed by atoms with E-state index in [1.807, 2.05) is 66.7 Å². The summed E-state index contributed by atoms with van der Waals surface area (Å²) in [7, 11) is 3.16. The van der Waals surface area contributed by atoms with Gasteiger partial charge in [-0.3, -0.25) is 4.79 Å². The topological polar surface area (TPSA) is 104 Å². The van der Waals surface area contributed by atoms with Crippen molar-refractivity contribution in [1.82, 2.24) is 14.6 Å². The Hall–Kier alpha value is -5.18. The Kier molecular flexibility index (Phi) is 6.99. The van der Waals surface area contributed by atoms with Crippen molar-refractivity contribution in [2.75, 3.05) is 19.5 Å². The second-order valence-corrected chi connectivity index (χ2v) is 8.30. The van der Waals surface area contributed by atoms with Crippen molar-refractivity contribution in [2.24, 2.45) is 0 Å². The van der Waals surface area contributed by atoms with Crippen LogP contribution in [0.4, 0.5) is 5.82 Å². The monoisotopic (exact) mass is 508 g/mol. The number of rotatable bonds is 8. The van der Waals surface area contributed by atoms with Gasteiger partial charge in [-0.15, -0.1) is 0 Å². The summed E-state index contributed by atoms with van der Waals surface area (Å²) in [5, 5.41) is 7.23. The third kappa shape index (κ3) is 5.17. The summed E-state index contributed by atoms with van der Waals surface area (Å²) >= 11 is 0. The van der Waals surface area contributed by atoms with Gasteiger partial charge in [0.15, 0.2) is 17.2 Å². The van der Waals surface area contributed by atoms with Crippen LogP contribution in [0.1, 0.15) is 26.4 Å². The summed E-state index contributed by atoms with van der Waals surface area (Å²) < 4.78 is 17.8. The molecule has 5 aromatic rings. The number of nitrogens with zero attached hydrogens (tertiary/aromatic N) is 3. The second kappa shape index (κ2) is 10.8. The zero-order valence-corrected chi connectivity index (χ0v) is 20.8. The minimum absolute atomic E-state index is 0.164. The number of aromatic nitrogens is 3. The lowest BCUT2D eigenvalue weighted by atomic mass is 10.1. The van der Waals surface area contributed by atoms with Crippen LogP contribution in [0.15, 0.2) is 91.1 Å². The quantitative estimate of drug-likeness (QED) is 0.293. The van der Waals surface area contributed by atoms with Gasteiger partial charge in [0.25, 0.3) is 5.91 Å². The van der Waals surface area contributed by atoms with Gasteiger partial charge < -0.3 is 19.5 Å². The molecule has 9 nitrogen and oxygen atoms in total. The highest BCUT2D eigenvalue weighted by molar-refractivity contribution is 6.03. The Morgan fingerprint density at radius 1 is 0.868 bits per heavy atom. The fraction of sp³-hybridized carbons (Fsp3) is 0.103. The number of hydrogen-bond acceptors (Lipinski definition) is 7. The largest absolute Gasteiger partial charge is 0.493 e. The van der Waals surface area contributed by atoms with Crippen LogP contribution < -0.4 is 14.8 Å². The lowest BCUT2D eigenvalue weighted by Crippen LogP contribution is -2.14. The molecule has 5 rings (SSSR count). The first-order valence-corrected chi connectivity index (χ1v) is 11.8. The number of carbonyl (C=O) groups is 2. The van der Waals surface area contributed by atoms with E-state index in [-0.39, 0.29) is 23.7 Å². The van der Waals surface area contributed by atoms with E-state index < -0.39 is 11.9 Å². The van der Waals surface area contributed by atoms with Crippen LogP contribution in [-0.4, -0.2) is 40.7 Å². The van der Waals surface area contributed by atoms with E-state index in [1.165, 1.54) is 6.20 Å². The van der Waals surface area contributed by atoms with Crippen molar-refractivity contribution in [1.29, 1.82) is 0 Å². The maximum Gasteiger partial charge on any atom is 0.340 e. The molecule has 0 radical (unpaired) electrons. The van der Waals surface area contributed by atoms with Crippen molar-refractivity contribution in [3.05, 3.63) is 108 Å². The Labute approximate surface area is 218 Å². The van der Waals surface area contributed by atoms with Crippen LogP contribution in [-0.2, 0) is 11.3 Å². The molecule has 0 atom stereocenters. The van der Waals surface area contributed by atoms with Gasteiger partial charge in [-0.1, -0.05) is 36.4 Å². The number of fused-ring (bicyclic) bond motifs is 1. The van der Waals surface area contributed by atoms with E-state index in [0.717, 1.165) is 22.3 Å². The molecule has 2 aromatic carbocycles. The third-order valence-corrected chi connectivity index (χ3v) is 5.85. The van der Waals surface area contributed by atoms with Gasteiger partial charge in [-0.25, -0.2) is 14.3 Å². The molecule has 38 heavy (non-hydrogen) atoms. The minimum atomic E-state index is -0.498. The second-order valence-electron chi connectivity index (χ2n) is 8.30. The number of benzene rings is 2. The molecule has 0 fully saturated rings. The third-order valence-electron chi connectivity index (χ3n) is 5.85. The Morgan fingerprint density at radius 2 is 1.68 bits per heavy atom. The molecule has 3 heterocycles. The predicted octanol–water partition coefficient (Wildman–Crippen LogP) is 5.02. The molecule has 1 amide bonds. The van der Waals surface area contributed by atoms with Gasteiger partial charge in [-0.05, 0) is 54.1 Å². The zero-order valence-electron chi connectivity index (χ0n) is 20.8. The SMILES string of the molecule is COc1ccc(-c2cccc3cc(C(=O)Nc4ccc(C(=O)OCc5ccccc5)cn4)nn23)cc1OC. The fourth-order valence-electron chi connectivity index (χ4n) is 3.92. The molecule has 0 aliphatic carbocycles. The molecule has 0 unspecified atom stereocenters. The van der Waals surface area contributed by atoms with Crippen LogP contribution in [0.3, 0.4) is 0 Å². The van der Waals surface area contributed by atoms with Crippen LogP contribution in [0.25, 0.3) is 16.8 Å². The van der Waals surface area contributed by atoms with Gasteiger partial charge >= 0.3 is 5.97 Å². The van der Waals surface area contributed by atoms with Gasteiger partial charge in [0.05, 0.1) is 31.0 Å². The number of nitrogens with one attached hydrogen (secondary N) is 1. The highest BCUT2D eigenvalue weighted by atomic mass is 16.5. The first kappa shape index (κ1) is 24.5. The molecule has 190 valence electrons. The lowest BCUT2D eigenvalue weighted by Gasteiger charge is -2.10. The van der Waals surface area contributed by atoms with Crippen molar-refractivity contribution in [2.45, 2.75) is 6.61 Å². The van der Waals surface area contributed by atoms with E-state index in [0.29, 0.717) is 11.5 Å². The number of carbonyl (C=O) groups excluding carboxylic acids is 2. The van der Waals surface area contributed by atoms with Crippen LogP contribution >= 0.6 is 0 Å². The normalized spacial score (nSPS) is 10.7. The predicted molar refractivity (Wildman–Crippen MR) is 141 cm³/mol. The van der Waals surface area contributed by atoms with Crippen molar-refractivity contribution in [3.63, 3.8) is 0 Å². The van der Waals surface area contributed by atoms with E-state index in [1.54, 1.807) is 36.9 Å². The van der Waals surface area contributed by atoms with E-state index >= 15 is 0 Å². The molecule has 0 aliphatic rings. The molecular formula is C29H24N4O5. The fourth-order valence-corrected chi connectivity index (χ4v) is 3.92. The Morgan fingerprint density at radius 3 is 2.42 bits per heavy atom. The maximum absolute atomic E-state index is 12.9. The van der Waals surface area contributed by atoms with E-state index in [9.17, 15) is 9.59 Å². The molecule has 0 saturated carbocycles. The zero-order chi connectivity index (χ0) is 26.5. The summed E-state index contributed by atoms with van der Waals surface area (Å²) in [5.41, 5.74) is 3.75. The molecular weight excluding hydrogens is 484 g/mol. The summed E-state index contributed by atoms with van der Waals surface area (Å²) in [4.78, 5) is 29.4. The van der Waals surface area contributed by atoms with Crippen molar-refractivity contribution < 1.29 is 23.8 Å². The molecule has 0 spiro atoms. The van der Waals surface area contributed by atoms with Gasteiger partial charge in [0.2, 0.25) is 0 Å². The van der Waals surface area contributed by atoms with Crippen LogP contribution in [0.2, 0.25) is 0 Å². The lowest BCUT2D eigenvalue weighted by molar-refractivity contribution is 0.0472. The number of ether oxygens (including phenoxy) is 3. The number of methoxy groups -OCH3 is 2. The molecule has 0 bridgehead atoms. The van der Waals surface area contributed by atoms with Crippen molar-refractivity contribution in [3.8, 4) is 22.8 Å². The average molecular weight is 509 g/mol. The van der Waals surface area contributed by atoms with Gasteiger partial charge in [0.1, 0.15) is 12.4 Å². The smallest absolute Gasteiger partial charge is 0.340 e. The minimum Gasteiger partial charge on any atom is -0.493 e. The number of anilines is 1. The van der Waals surface area contributed by atoms with Crippen LogP contribution in [0, 0.1) is 0 Å². The van der Waals surface area contributed by atoms with E-state index in [4.69, 9.17) is 14.2 Å². The maximum atomic E-state index is 12.9. The Balaban J connectivity index is 1.30. The van der Waals surface area contributed by atoms with Crippen LogP contribution in [0.5, 0.6) is 11.5 Å². The first-order valence-electron chi connectivity index (χ1n) is 11.8. The highest BCUT2D eigenvalue weighted by Gasteiger charge is 2.16. The highest BCUT2D eigenvalue weighted by Crippen LogP contribution is 2.32. The number of esters is 1. The first-order chi connectivity index (χ1) is 18.6. The standard InChI is InChI=1S/C29H24N4O5/c1-36-25-13-11-20(15-26(25)37-2)24-10-6-9-22-16-23(32-33(22)24)28(34)31-27-14-12-21(17-30-27)29(35)38-18-19-7-4-3-5-8-19/h3-17H,18H2,1-2H3,(H,30,31,34). The summed E-state index contributed by atoms with van der Waals surface area (Å²) in [6.45, 7) is 0.164. The molecule has 0 saturated heterocycles. The number of hydrogen-bond donors (Lipinski definition) is 1.